The summed E-state index contributed by atoms with van der Waals surface area (Å²) >= 11 is 0. The van der Waals surface area contributed by atoms with Gasteiger partial charge in [0.15, 0.2) is 0 Å². The van der Waals surface area contributed by atoms with Crippen molar-refractivity contribution in [2.45, 2.75) is 76.1 Å². The zero-order chi connectivity index (χ0) is 26.8. The standard InChI is InChI=1S/2C14H18BN3O/c2*1-15(19)18-10-12-8-13(18)14(16-2)17(12)9-11-6-4-3-5-7-11/h2*3-7,12-14,19H,8-10H2,1H3/t2*12?,13?,14-/m10/s1. The van der Waals surface area contributed by atoms with Gasteiger partial charge >= 0.3 is 14.1 Å². The molecule has 0 radical (unpaired) electrons. The van der Waals surface area contributed by atoms with E-state index in [1.165, 1.54) is 11.1 Å². The molecule has 4 heterocycles. The third kappa shape index (κ3) is 5.26. The Balaban J connectivity index is 0.000000155. The Bertz CT molecular complexity index is 1070. The van der Waals surface area contributed by atoms with Gasteiger partial charge in [0.05, 0.1) is 12.1 Å². The number of piperazine rings is 2. The monoisotopic (exact) mass is 510 g/mol. The minimum Gasteiger partial charge on any atom is -0.437 e. The van der Waals surface area contributed by atoms with Gasteiger partial charge in [0, 0.05) is 38.3 Å². The van der Waals surface area contributed by atoms with E-state index in [-0.39, 0.29) is 24.4 Å². The van der Waals surface area contributed by atoms with Crippen molar-refractivity contribution < 1.29 is 10.0 Å². The molecule has 0 aromatic heterocycles. The molecule has 0 saturated carbocycles. The van der Waals surface area contributed by atoms with E-state index < -0.39 is 14.1 Å². The summed E-state index contributed by atoms with van der Waals surface area (Å²) in [5, 5.41) is 19.5. The van der Waals surface area contributed by atoms with Crippen molar-refractivity contribution in [2.24, 2.45) is 0 Å². The van der Waals surface area contributed by atoms with E-state index >= 15 is 0 Å². The maximum atomic E-state index is 9.77. The molecule has 10 heteroatoms. The van der Waals surface area contributed by atoms with Crippen LogP contribution in [0.3, 0.4) is 0 Å². The number of fused-ring (bicyclic) bond motifs is 4. The highest BCUT2D eigenvalue weighted by molar-refractivity contribution is 6.45. The van der Waals surface area contributed by atoms with Gasteiger partial charge in [0.25, 0.3) is 12.3 Å². The van der Waals surface area contributed by atoms with Gasteiger partial charge in [0.2, 0.25) is 0 Å². The van der Waals surface area contributed by atoms with Gasteiger partial charge in [0.1, 0.15) is 0 Å². The Kier molecular flexibility index (Phi) is 8.20. The van der Waals surface area contributed by atoms with Crippen LogP contribution in [0.25, 0.3) is 9.69 Å². The van der Waals surface area contributed by atoms with E-state index in [2.05, 4.69) is 53.4 Å². The fourth-order valence-corrected chi connectivity index (χ4v) is 6.89. The highest BCUT2D eigenvalue weighted by Crippen LogP contribution is 2.39. The molecule has 4 bridgehead atoms. The Morgan fingerprint density at radius 2 is 1.08 bits per heavy atom. The van der Waals surface area contributed by atoms with Crippen molar-refractivity contribution in [1.82, 2.24) is 19.4 Å². The van der Waals surface area contributed by atoms with E-state index in [1.54, 1.807) is 13.6 Å². The molecule has 4 aliphatic rings. The zero-order valence-corrected chi connectivity index (χ0v) is 22.2. The lowest BCUT2D eigenvalue weighted by Gasteiger charge is -2.35. The molecule has 4 fully saturated rings. The molecule has 0 aliphatic carbocycles. The molecule has 2 aromatic carbocycles. The first kappa shape index (κ1) is 26.9. The molecule has 8 nitrogen and oxygen atoms in total. The lowest BCUT2D eigenvalue weighted by atomic mass is 9.83. The third-order valence-electron chi connectivity index (χ3n) is 8.67. The minimum atomic E-state index is -0.446. The lowest BCUT2D eigenvalue weighted by Crippen LogP contribution is -2.55. The van der Waals surface area contributed by atoms with E-state index in [0.29, 0.717) is 12.1 Å². The number of hydrogen-bond acceptors (Lipinski definition) is 6. The van der Waals surface area contributed by atoms with Gasteiger partial charge in [-0.1, -0.05) is 60.7 Å². The number of nitrogens with zero attached hydrogens (tertiary/aromatic N) is 6. The summed E-state index contributed by atoms with van der Waals surface area (Å²) in [5.41, 5.74) is 2.51. The van der Waals surface area contributed by atoms with Crippen LogP contribution in [0.1, 0.15) is 24.0 Å². The van der Waals surface area contributed by atoms with Crippen molar-refractivity contribution in [3.8, 4) is 0 Å². The van der Waals surface area contributed by atoms with Crippen LogP contribution in [-0.2, 0) is 13.1 Å². The molecule has 6 atom stereocenters. The van der Waals surface area contributed by atoms with E-state index in [4.69, 9.17) is 13.1 Å². The predicted molar refractivity (Wildman–Crippen MR) is 150 cm³/mol. The fourth-order valence-electron chi connectivity index (χ4n) is 6.89. The highest BCUT2D eigenvalue weighted by atomic mass is 16.2. The minimum absolute atomic E-state index is 0.117. The van der Waals surface area contributed by atoms with Crippen LogP contribution in [0.2, 0.25) is 13.6 Å². The van der Waals surface area contributed by atoms with Gasteiger partial charge < -0.3 is 19.7 Å². The lowest BCUT2D eigenvalue weighted by molar-refractivity contribution is 0.122. The van der Waals surface area contributed by atoms with Crippen LogP contribution >= 0.6 is 0 Å². The third-order valence-corrected chi connectivity index (χ3v) is 8.67. The second-order valence-electron chi connectivity index (χ2n) is 11.0. The van der Waals surface area contributed by atoms with E-state index in [9.17, 15) is 10.0 Å². The van der Waals surface area contributed by atoms with Crippen LogP contribution in [0.5, 0.6) is 0 Å². The number of benzene rings is 2. The topological polar surface area (TPSA) is 62.1 Å². The van der Waals surface area contributed by atoms with Crippen LogP contribution in [0.15, 0.2) is 60.7 Å². The summed E-state index contributed by atoms with van der Waals surface area (Å²) in [4.78, 5) is 16.3. The van der Waals surface area contributed by atoms with Gasteiger partial charge in [-0.25, -0.2) is 22.9 Å². The maximum Gasteiger partial charge on any atom is 0.376 e. The van der Waals surface area contributed by atoms with Crippen molar-refractivity contribution in [3.63, 3.8) is 0 Å². The summed E-state index contributed by atoms with van der Waals surface area (Å²) < 4.78 is 0. The Labute approximate surface area is 227 Å². The van der Waals surface area contributed by atoms with Crippen LogP contribution in [0, 0.1) is 13.1 Å². The summed E-state index contributed by atoms with van der Waals surface area (Å²) in [6, 6.07) is 21.8. The molecule has 4 saturated heterocycles. The van der Waals surface area contributed by atoms with Crippen molar-refractivity contribution in [3.05, 3.63) is 94.6 Å². The smallest absolute Gasteiger partial charge is 0.376 e. The van der Waals surface area contributed by atoms with Gasteiger partial charge in [-0.2, -0.15) is 0 Å². The molecule has 196 valence electrons. The maximum absolute atomic E-state index is 9.77. The average Bonchev–Trinajstić information content (AvgIpc) is 3.70. The molecular weight excluding hydrogens is 474 g/mol. The molecule has 6 rings (SSSR count). The SMILES string of the molecule is [C-]#[N+][C@@H]1C2CC(CN2B(C)O)N1Cc1ccccc1.[C-]#[N+][C@H]1C2CC(CN2B(C)O)N1Cc1ccccc1. The Hall–Kier alpha value is -2.69. The predicted octanol–water partition coefficient (Wildman–Crippen LogP) is 2.60. The molecule has 2 N–H and O–H groups in total. The Morgan fingerprint density at radius 1 is 0.711 bits per heavy atom. The van der Waals surface area contributed by atoms with Gasteiger partial charge in [-0.3, -0.25) is 9.69 Å². The first-order valence-corrected chi connectivity index (χ1v) is 13.6. The second kappa shape index (κ2) is 11.6. The molecular formula is C28H36B2N6O2. The molecule has 2 aromatic rings. The van der Waals surface area contributed by atoms with Crippen LogP contribution in [0.4, 0.5) is 0 Å². The molecule has 4 unspecified atom stereocenters. The van der Waals surface area contributed by atoms with Crippen LogP contribution in [-0.4, -0.2) is 93.2 Å². The summed E-state index contributed by atoms with van der Waals surface area (Å²) in [6.45, 7) is 21.9. The fraction of sp³-hybridized carbons (Fsp3) is 0.500. The number of likely N-dealkylation sites (tertiary alicyclic amines) is 2. The number of rotatable bonds is 6. The second-order valence-corrected chi connectivity index (χ2v) is 11.0. The zero-order valence-electron chi connectivity index (χ0n) is 22.2. The Morgan fingerprint density at radius 3 is 1.39 bits per heavy atom. The van der Waals surface area contributed by atoms with Crippen LogP contribution < -0.4 is 0 Å². The van der Waals surface area contributed by atoms with Crippen molar-refractivity contribution in [1.29, 1.82) is 0 Å². The van der Waals surface area contributed by atoms with Gasteiger partial charge in [-0.05, 0) is 37.6 Å². The quantitative estimate of drug-likeness (QED) is 0.461. The van der Waals surface area contributed by atoms with Gasteiger partial charge in [-0.15, -0.1) is 0 Å². The van der Waals surface area contributed by atoms with Crippen molar-refractivity contribution >= 4 is 14.1 Å². The summed E-state index contributed by atoms with van der Waals surface area (Å²) in [6.07, 6.45) is 1.78. The largest absolute Gasteiger partial charge is 0.437 e. The van der Waals surface area contributed by atoms with E-state index in [1.807, 2.05) is 36.4 Å². The first-order valence-electron chi connectivity index (χ1n) is 13.6. The number of hydrogen-bond donors (Lipinski definition) is 2. The summed E-state index contributed by atoms with van der Waals surface area (Å²) in [5.74, 6) is 0. The molecule has 0 amide bonds. The molecule has 4 aliphatic heterocycles. The first-order chi connectivity index (χ1) is 18.4. The summed E-state index contributed by atoms with van der Waals surface area (Å²) in [7, 11) is -0.892. The van der Waals surface area contributed by atoms with E-state index in [0.717, 1.165) is 39.0 Å². The normalized spacial score (nSPS) is 30.5. The van der Waals surface area contributed by atoms with Crippen molar-refractivity contribution in [2.75, 3.05) is 13.1 Å². The highest BCUT2D eigenvalue weighted by Gasteiger charge is 2.56. The average molecular weight is 510 g/mol. The molecule has 38 heavy (non-hydrogen) atoms. The molecule has 0 spiro atoms.